The van der Waals surface area contributed by atoms with Crippen molar-refractivity contribution in [3.05, 3.63) is 48.0 Å². The molecule has 10 heteroatoms. The van der Waals surface area contributed by atoms with Crippen LogP contribution in [0, 0.1) is 0 Å². The number of methoxy groups -OCH3 is 1. The molecule has 0 saturated carbocycles. The van der Waals surface area contributed by atoms with E-state index >= 15 is 0 Å². The largest absolute Gasteiger partial charge is 0.497 e. The number of thioether (sulfide) groups is 1. The molecule has 2 aromatic carbocycles. The van der Waals surface area contributed by atoms with E-state index in [0.29, 0.717) is 10.9 Å². The van der Waals surface area contributed by atoms with Gasteiger partial charge in [0.05, 0.1) is 18.9 Å². The van der Waals surface area contributed by atoms with Crippen LogP contribution in [0.3, 0.4) is 0 Å². The molecule has 4 rings (SSSR count). The van der Waals surface area contributed by atoms with E-state index in [4.69, 9.17) is 14.2 Å². The first-order chi connectivity index (χ1) is 14.6. The monoisotopic (exact) mass is 444 g/mol. The molecule has 0 radical (unpaired) electrons. The minimum Gasteiger partial charge on any atom is -0.497 e. The number of fused-ring (bicyclic) bond motifs is 1. The molecule has 0 fully saturated rings. The van der Waals surface area contributed by atoms with Gasteiger partial charge in [0.25, 0.3) is 0 Å². The van der Waals surface area contributed by atoms with Crippen molar-refractivity contribution in [3.63, 3.8) is 0 Å². The van der Waals surface area contributed by atoms with Gasteiger partial charge in [-0.3, -0.25) is 4.79 Å². The number of benzene rings is 2. The predicted octanol–water partition coefficient (Wildman–Crippen LogP) is 3.99. The lowest BCUT2D eigenvalue weighted by atomic mass is 10.1. The van der Waals surface area contributed by atoms with Crippen molar-refractivity contribution < 1.29 is 19.0 Å². The number of rotatable bonds is 8. The Morgan fingerprint density at radius 1 is 1.20 bits per heavy atom. The molecule has 0 aliphatic carbocycles. The van der Waals surface area contributed by atoms with Gasteiger partial charge in [-0.2, -0.15) is 0 Å². The third-order valence-electron chi connectivity index (χ3n) is 4.35. The molecule has 2 heterocycles. The highest BCUT2D eigenvalue weighted by molar-refractivity contribution is 8.01. The van der Waals surface area contributed by atoms with Gasteiger partial charge in [0.2, 0.25) is 17.8 Å². The summed E-state index contributed by atoms with van der Waals surface area (Å²) in [5.41, 5.74) is 1.85. The van der Waals surface area contributed by atoms with E-state index in [1.165, 1.54) is 23.1 Å². The molecule has 1 atom stereocenters. The average Bonchev–Trinajstić information content (AvgIpc) is 3.41. The molecule has 30 heavy (non-hydrogen) atoms. The first-order valence-corrected chi connectivity index (χ1v) is 11.0. The van der Waals surface area contributed by atoms with Gasteiger partial charge in [-0.15, -0.1) is 10.2 Å². The second kappa shape index (κ2) is 9.23. The molecule has 1 aliphatic heterocycles. The minimum absolute atomic E-state index is 0.0787. The van der Waals surface area contributed by atoms with E-state index in [9.17, 15) is 4.79 Å². The molecule has 156 valence electrons. The van der Waals surface area contributed by atoms with Gasteiger partial charge in [0.15, 0.2) is 15.8 Å². The summed E-state index contributed by atoms with van der Waals surface area (Å²) in [6, 6.07) is 13.1. The maximum Gasteiger partial charge on any atom is 0.231 e. The van der Waals surface area contributed by atoms with Crippen LogP contribution in [0.5, 0.6) is 17.2 Å². The van der Waals surface area contributed by atoms with Crippen molar-refractivity contribution in [2.75, 3.05) is 25.0 Å². The van der Waals surface area contributed by atoms with Crippen LogP contribution in [-0.2, 0) is 4.79 Å². The molecule has 1 aromatic heterocycles. The number of anilines is 2. The van der Waals surface area contributed by atoms with Gasteiger partial charge in [-0.1, -0.05) is 29.2 Å². The predicted molar refractivity (Wildman–Crippen MR) is 116 cm³/mol. The maximum absolute atomic E-state index is 12.3. The van der Waals surface area contributed by atoms with Crippen LogP contribution >= 0.6 is 23.1 Å². The van der Waals surface area contributed by atoms with E-state index in [2.05, 4.69) is 20.8 Å². The molecule has 1 aliphatic rings. The van der Waals surface area contributed by atoms with Crippen molar-refractivity contribution in [3.8, 4) is 17.2 Å². The number of carbonyl (C=O) groups excluding carboxylic acids is 1. The Kier molecular flexibility index (Phi) is 6.24. The molecule has 0 saturated heterocycles. The van der Waals surface area contributed by atoms with Crippen LogP contribution in [-0.4, -0.2) is 35.8 Å². The second-order valence-corrected chi connectivity index (χ2v) is 8.62. The van der Waals surface area contributed by atoms with Crippen molar-refractivity contribution >= 4 is 39.8 Å². The van der Waals surface area contributed by atoms with Crippen molar-refractivity contribution in [1.82, 2.24) is 15.5 Å². The van der Waals surface area contributed by atoms with E-state index in [1.807, 2.05) is 49.4 Å². The highest BCUT2D eigenvalue weighted by atomic mass is 32.2. The summed E-state index contributed by atoms with van der Waals surface area (Å²) in [5.74, 6) is 2.39. The fraction of sp³-hybridized carbons (Fsp3) is 0.250. The van der Waals surface area contributed by atoms with E-state index in [1.54, 1.807) is 7.11 Å². The summed E-state index contributed by atoms with van der Waals surface area (Å²) >= 11 is 2.75. The van der Waals surface area contributed by atoms with Gasteiger partial charge in [-0.25, -0.2) is 0 Å². The number of nitrogens with one attached hydrogen (secondary N) is 2. The highest BCUT2D eigenvalue weighted by Gasteiger charge is 2.17. The molecule has 3 aromatic rings. The molecule has 8 nitrogen and oxygen atoms in total. The number of hydrogen-bond donors (Lipinski definition) is 2. The van der Waals surface area contributed by atoms with Crippen LogP contribution in [0.1, 0.15) is 18.5 Å². The molecule has 0 bridgehead atoms. The summed E-state index contributed by atoms with van der Waals surface area (Å²) in [5, 5.41) is 15.1. The van der Waals surface area contributed by atoms with E-state index < -0.39 is 0 Å². The number of ether oxygens (including phenoxy) is 3. The Labute approximate surface area is 182 Å². The van der Waals surface area contributed by atoms with Crippen LogP contribution in [0.15, 0.2) is 46.8 Å². The Balaban J connectivity index is 1.26. The van der Waals surface area contributed by atoms with Gasteiger partial charge < -0.3 is 24.8 Å². The summed E-state index contributed by atoms with van der Waals surface area (Å²) in [6.45, 7) is 2.16. The summed E-state index contributed by atoms with van der Waals surface area (Å²) < 4.78 is 16.6. The lowest BCUT2D eigenvalue weighted by Crippen LogP contribution is -2.28. The number of hydrogen-bond acceptors (Lipinski definition) is 9. The van der Waals surface area contributed by atoms with Crippen molar-refractivity contribution in [1.29, 1.82) is 0 Å². The maximum atomic E-state index is 12.3. The van der Waals surface area contributed by atoms with Crippen molar-refractivity contribution in [2.24, 2.45) is 0 Å². The molecular formula is C20H20N4O4S2. The average molecular weight is 445 g/mol. The SMILES string of the molecule is COc1ccc(Nc2nnc(SCC(=O)NC(C)c3ccc4c(c3)OCO4)s2)cc1. The first kappa shape index (κ1) is 20.3. The molecule has 2 N–H and O–H groups in total. The van der Waals surface area contributed by atoms with Crippen molar-refractivity contribution in [2.45, 2.75) is 17.3 Å². The fourth-order valence-electron chi connectivity index (χ4n) is 2.79. The van der Waals surface area contributed by atoms with Gasteiger partial charge in [-0.05, 0) is 48.9 Å². The smallest absolute Gasteiger partial charge is 0.231 e. The fourth-order valence-corrected chi connectivity index (χ4v) is 4.38. The van der Waals surface area contributed by atoms with Crippen LogP contribution in [0.2, 0.25) is 0 Å². The minimum atomic E-state index is -0.144. The Morgan fingerprint density at radius 3 is 2.80 bits per heavy atom. The van der Waals surface area contributed by atoms with E-state index in [-0.39, 0.29) is 24.5 Å². The summed E-state index contributed by atoms with van der Waals surface area (Å²) in [4.78, 5) is 12.3. The molecule has 1 amide bonds. The summed E-state index contributed by atoms with van der Waals surface area (Å²) in [7, 11) is 1.63. The topological polar surface area (TPSA) is 94.6 Å². The zero-order chi connectivity index (χ0) is 20.9. The number of carbonyl (C=O) groups is 1. The van der Waals surface area contributed by atoms with Gasteiger partial charge in [0, 0.05) is 5.69 Å². The third kappa shape index (κ3) is 4.95. The quantitative estimate of drug-likeness (QED) is 0.504. The van der Waals surface area contributed by atoms with Crippen LogP contribution < -0.4 is 24.8 Å². The second-order valence-electron chi connectivity index (χ2n) is 6.42. The standard InChI is InChI=1S/C20H20N4O4S2/c1-12(13-3-8-16-17(9-13)28-11-27-16)21-18(25)10-29-20-24-23-19(30-20)22-14-4-6-15(26-2)7-5-14/h3-9,12H,10-11H2,1-2H3,(H,21,25)(H,22,23). The Bertz CT molecular complexity index is 1030. The van der Waals surface area contributed by atoms with E-state index in [0.717, 1.165) is 27.1 Å². The number of aromatic nitrogens is 2. The lowest BCUT2D eigenvalue weighted by molar-refractivity contribution is -0.119. The Hall–Kier alpha value is -2.98. The molecule has 0 spiro atoms. The molecular weight excluding hydrogens is 424 g/mol. The highest BCUT2D eigenvalue weighted by Crippen LogP contribution is 2.34. The summed E-state index contributed by atoms with van der Waals surface area (Å²) in [6.07, 6.45) is 0. The van der Waals surface area contributed by atoms with Gasteiger partial charge >= 0.3 is 0 Å². The zero-order valence-electron chi connectivity index (χ0n) is 16.4. The zero-order valence-corrected chi connectivity index (χ0v) is 18.0. The van der Waals surface area contributed by atoms with Crippen LogP contribution in [0.25, 0.3) is 0 Å². The number of amides is 1. The third-order valence-corrected chi connectivity index (χ3v) is 6.32. The lowest BCUT2D eigenvalue weighted by Gasteiger charge is -2.14. The number of nitrogens with zero attached hydrogens (tertiary/aromatic N) is 2. The Morgan fingerprint density at radius 2 is 2.00 bits per heavy atom. The normalized spacial score (nSPS) is 13.0. The van der Waals surface area contributed by atoms with Gasteiger partial charge in [0.1, 0.15) is 5.75 Å². The molecule has 1 unspecified atom stereocenters. The first-order valence-electron chi connectivity index (χ1n) is 9.17. The van der Waals surface area contributed by atoms with Crippen LogP contribution in [0.4, 0.5) is 10.8 Å².